The van der Waals surface area contributed by atoms with Crippen molar-refractivity contribution in [2.75, 3.05) is 23.1 Å². The molecule has 5 nitrogen and oxygen atoms in total. The zero-order valence-electron chi connectivity index (χ0n) is 13.3. The number of ether oxygens (including phenoxy) is 1. The number of nitrogens with zero attached hydrogens (tertiary/aromatic N) is 1. The van der Waals surface area contributed by atoms with Crippen molar-refractivity contribution in [2.45, 2.75) is 44.7 Å². The van der Waals surface area contributed by atoms with Crippen LogP contribution in [0.1, 0.15) is 44.6 Å². The lowest BCUT2D eigenvalue weighted by atomic mass is 10.0. The molecule has 0 radical (unpaired) electrons. The molecular weight excluding hydrogens is 314 g/mol. The number of carbonyl (C=O) groups is 1. The highest BCUT2D eigenvalue weighted by molar-refractivity contribution is 6.19. The molecule has 0 saturated carbocycles. The molecule has 0 amide bonds. The topological polar surface area (TPSA) is 74.1 Å². The summed E-state index contributed by atoms with van der Waals surface area (Å²) in [6.07, 6.45) is 4.88. The summed E-state index contributed by atoms with van der Waals surface area (Å²) >= 11 is 6.18. The Bertz CT molecular complexity index is 600. The maximum absolute atomic E-state index is 10.7. The minimum absolute atomic E-state index is 0.222. The number of benzene rings is 1. The largest absolute Gasteiger partial charge is 0.466 e. The maximum Gasteiger partial charge on any atom is 0.302 e. The molecule has 124 valence electrons. The molecule has 6 heteroatoms. The highest BCUT2D eigenvalue weighted by Crippen LogP contribution is 2.37. The number of anilines is 2. The lowest BCUT2D eigenvalue weighted by Gasteiger charge is -2.28. The molecule has 0 fully saturated rings. The highest BCUT2D eigenvalue weighted by Gasteiger charge is 2.34. The molecule has 0 aromatic heterocycles. The van der Waals surface area contributed by atoms with Gasteiger partial charge in [0.25, 0.3) is 0 Å². The lowest BCUT2D eigenvalue weighted by molar-refractivity contribution is -0.141. The molecule has 23 heavy (non-hydrogen) atoms. The van der Waals surface area contributed by atoms with E-state index in [1.165, 1.54) is 6.92 Å². The monoisotopic (exact) mass is 335 g/mol. The van der Waals surface area contributed by atoms with E-state index < -0.39 is 0 Å². The predicted octanol–water partition coefficient (Wildman–Crippen LogP) is 3.84. The summed E-state index contributed by atoms with van der Waals surface area (Å²) < 4.78 is 4.92. The summed E-state index contributed by atoms with van der Waals surface area (Å²) in [7, 11) is 0. The Hall–Kier alpha value is -1.93. The third kappa shape index (κ3) is 4.77. The first kappa shape index (κ1) is 17.4. The molecule has 0 aliphatic carbocycles. The Balaban J connectivity index is 1.78. The molecule has 1 atom stereocenters. The average Bonchev–Trinajstić information content (AvgIpc) is 2.91. The van der Waals surface area contributed by atoms with E-state index in [-0.39, 0.29) is 11.6 Å². The van der Waals surface area contributed by atoms with E-state index in [9.17, 15) is 4.79 Å². The molecule has 1 aromatic carbocycles. The first-order valence-electron chi connectivity index (χ1n) is 7.88. The Morgan fingerprint density at radius 2 is 2.00 bits per heavy atom. The minimum atomic E-state index is -0.353. The van der Waals surface area contributed by atoms with Gasteiger partial charge < -0.3 is 15.4 Å². The molecule has 2 N–H and O–H groups in total. The maximum atomic E-state index is 10.7. The van der Waals surface area contributed by atoms with Crippen molar-refractivity contribution >= 4 is 28.9 Å². The van der Waals surface area contributed by atoms with E-state index in [1.807, 2.05) is 12.1 Å². The number of nitriles is 1. The van der Waals surface area contributed by atoms with Crippen molar-refractivity contribution in [3.63, 3.8) is 0 Å². The molecule has 0 saturated heterocycles. The van der Waals surface area contributed by atoms with Crippen LogP contribution in [-0.4, -0.2) is 24.1 Å². The molecule has 1 aliphatic heterocycles. The smallest absolute Gasteiger partial charge is 0.302 e. The number of hydrogen-bond donors (Lipinski definition) is 2. The van der Waals surface area contributed by atoms with Gasteiger partial charge >= 0.3 is 5.97 Å². The van der Waals surface area contributed by atoms with E-state index in [1.54, 1.807) is 6.07 Å². The Labute approximate surface area is 142 Å². The number of carbonyl (C=O) groups excluding carboxylic acids is 1. The molecule has 1 aromatic rings. The van der Waals surface area contributed by atoms with E-state index in [2.05, 4.69) is 16.7 Å². The number of unbranched alkanes of at least 4 members (excludes halogenated alkanes) is 3. The van der Waals surface area contributed by atoms with Crippen molar-refractivity contribution in [3.05, 3.63) is 23.8 Å². The van der Waals surface area contributed by atoms with Gasteiger partial charge in [0.15, 0.2) is 0 Å². The Morgan fingerprint density at radius 3 is 2.70 bits per heavy atom. The van der Waals surface area contributed by atoms with Gasteiger partial charge in [0.05, 0.1) is 35.5 Å². The Kier molecular flexibility index (Phi) is 6.12. The predicted molar refractivity (Wildman–Crippen MR) is 91.6 cm³/mol. The fraction of sp³-hybridized carbons (Fsp3) is 0.529. The molecular formula is C17H22ClN3O2. The van der Waals surface area contributed by atoms with Gasteiger partial charge in [0.2, 0.25) is 0 Å². The van der Waals surface area contributed by atoms with Crippen molar-refractivity contribution in [1.29, 1.82) is 5.26 Å². The number of rotatable bonds is 8. The van der Waals surface area contributed by atoms with Gasteiger partial charge in [-0.3, -0.25) is 4.79 Å². The van der Waals surface area contributed by atoms with Gasteiger partial charge in [-0.15, -0.1) is 11.6 Å². The van der Waals surface area contributed by atoms with Gasteiger partial charge in [-0.05, 0) is 37.5 Å². The van der Waals surface area contributed by atoms with Gasteiger partial charge in [-0.1, -0.05) is 12.8 Å². The Morgan fingerprint density at radius 1 is 1.26 bits per heavy atom. The summed E-state index contributed by atoms with van der Waals surface area (Å²) in [6, 6.07) is 7.70. The van der Waals surface area contributed by atoms with Crippen molar-refractivity contribution in [1.82, 2.24) is 0 Å². The standard InChI is InChI=1S/C17H22ClN3O2/c1-13(22)23-9-5-3-2-4-8-17(12-18)20-15-7-6-14(11-19)10-16(15)21-17/h6-7,10,20-21H,2-5,8-9,12H2,1H3. The number of alkyl halides is 1. The number of halogens is 1. The second-order valence-electron chi connectivity index (χ2n) is 5.84. The summed E-state index contributed by atoms with van der Waals surface area (Å²) in [5.41, 5.74) is 2.20. The molecule has 1 aliphatic rings. The van der Waals surface area contributed by atoms with Crippen LogP contribution < -0.4 is 10.6 Å². The van der Waals surface area contributed by atoms with E-state index in [4.69, 9.17) is 21.6 Å². The normalized spacial score (nSPS) is 18.5. The van der Waals surface area contributed by atoms with Crippen molar-refractivity contribution < 1.29 is 9.53 Å². The summed E-state index contributed by atoms with van der Waals surface area (Å²) in [6.45, 7) is 1.92. The van der Waals surface area contributed by atoms with Crippen LogP contribution in [0.3, 0.4) is 0 Å². The molecule has 2 rings (SSSR count). The van der Waals surface area contributed by atoms with Gasteiger partial charge in [-0.25, -0.2) is 0 Å². The summed E-state index contributed by atoms with van der Waals surface area (Å²) in [5, 5.41) is 15.8. The second-order valence-corrected chi connectivity index (χ2v) is 6.11. The third-order valence-electron chi connectivity index (χ3n) is 3.93. The fourth-order valence-electron chi connectivity index (χ4n) is 2.73. The number of fused-ring (bicyclic) bond motifs is 1. The van der Waals surface area contributed by atoms with Crippen molar-refractivity contribution in [2.24, 2.45) is 0 Å². The molecule has 0 bridgehead atoms. The quantitative estimate of drug-likeness (QED) is 0.429. The van der Waals surface area contributed by atoms with E-state index in [0.29, 0.717) is 18.1 Å². The first-order chi connectivity index (χ1) is 11.1. The zero-order valence-corrected chi connectivity index (χ0v) is 14.1. The zero-order chi connectivity index (χ0) is 16.7. The number of nitrogens with one attached hydrogen (secondary N) is 2. The van der Waals surface area contributed by atoms with Crippen LogP contribution in [0.4, 0.5) is 11.4 Å². The fourth-order valence-corrected chi connectivity index (χ4v) is 3.00. The summed E-state index contributed by atoms with van der Waals surface area (Å²) in [5.74, 6) is 0.219. The minimum Gasteiger partial charge on any atom is -0.466 e. The highest BCUT2D eigenvalue weighted by atomic mass is 35.5. The lowest BCUT2D eigenvalue weighted by Crippen LogP contribution is -2.43. The van der Waals surface area contributed by atoms with Gasteiger partial charge in [0, 0.05) is 6.92 Å². The number of hydrogen-bond acceptors (Lipinski definition) is 5. The average molecular weight is 336 g/mol. The van der Waals surface area contributed by atoms with Crippen LogP contribution in [0.15, 0.2) is 18.2 Å². The van der Waals surface area contributed by atoms with E-state index in [0.717, 1.165) is 43.5 Å². The van der Waals surface area contributed by atoms with Crippen LogP contribution in [-0.2, 0) is 9.53 Å². The van der Waals surface area contributed by atoms with E-state index >= 15 is 0 Å². The molecule has 1 heterocycles. The van der Waals surface area contributed by atoms with Gasteiger partial charge in [-0.2, -0.15) is 5.26 Å². The summed E-state index contributed by atoms with van der Waals surface area (Å²) in [4.78, 5) is 10.7. The van der Waals surface area contributed by atoms with Crippen LogP contribution in [0.25, 0.3) is 0 Å². The third-order valence-corrected chi connectivity index (χ3v) is 4.38. The van der Waals surface area contributed by atoms with Gasteiger partial charge in [0.1, 0.15) is 5.66 Å². The van der Waals surface area contributed by atoms with Crippen molar-refractivity contribution in [3.8, 4) is 6.07 Å². The molecule has 1 unspecified atom stereocenters. The van der Waals surface area contributed by atoms with Crippen LogP contribution in [0, 0.1) is 11.3 Å². The first-order valence-corrected chi connectivity index (χ1v) is 8.42. The van der Waals surface area contributed by atoms with Crippen LogP contribution >= 0.6 is 11.6 Å². The number of esters is 1. The SMILES string of the molecule is CC(=O)OCCCCCCC1(CCl)Nc2ccc(C#N)cc2N1. The van der Waals surface area contributed by atoms with Crippen LogP contribution in [0.5, 0.6) is 0 Å². The van der Waals surface area contributed by atoms with Crippen LogP contribution in [0.2, 0.25) is 0 Å². The second kappa shape index (κ2) is 8.07. The molecule has 0 spiro atoms.